The van der Waals surface area contributed by atoms with Gasteiger partial charge in [-0.25, -0.2) is 4.39 Å². The summed E-state index contributed by atoms with van der Waals surface area (Å²) < 4.78 is 13.7. The molecule has 19 heavy (non-hydrogen) atoms. The van der Waals surface area contributed by atoms with Gasteiger partial charge in [0.2, 0.25) is 5.91 Å². The van der Waals surface area contributed by atoms with Crippen molar-refractivity contribution in [2.75, 3.05) is 11.1 Å². The Morgan fingerprint density at radius 2 is 2.21 bits per heavy atom. The second kappa shape index (κ2) is 6.93. The molecular formula is C13H11ClFNOS2. The molecular weight excluding hydrogens is 305 g/mol. The molecule has 1 aromatic heterocycles. The molecule has 1 N–H and O–H groups in total. The van der Waals surface area contributed by atoms with Crippen molar-refractivity contribution in [2.45, 2.75) is 5.75 Å². The minimum absolute atomic E-state index is 0.141. The number of hydrogen-bond acceptors (Lipinski definition) is 3. The molecule has 0 aliphatic heterocycles. The largest absolute Gasteiger partial charge is 0.325 e. The van der Waals surface area contributed by atoms with Crippen LogP contribution >= 0.6 is 34.7 Å². The van der Waals surface area contributed by atoms with E-state index in [9.17, 15) is 9.18 Å². The van der Waals surface area contributed by atoms with E-state index < -0.39 is 0 Å². The number of hydrogen-bond donors (Lipinski definition) is 1. The van der Waals surface area contributed by atoms with Gasteiger partial charge in [-0.2, -0.15) is 0 Å². The molecule has 2 aromatic rings. The highest BCUT2D eigenvalue weighted by Crippen LogP contribution is 2.25. The van der Waals surface area contributed by atoms with E-state index in [0.717, 1.165) is 15.0 Å². The molecule has 0 fully saturated rings. The van der Waals surface area contributed by atoms with Crippen molar-refractivity contribution in [3.05, 3.63) is 51.4 Å². The van der Waals surface area contributed by atoms with Crippen molar-refractivity contribution in [3.8, 4) is 0 Å². The molecule has 0 saturated carbocycles. The Labute approximate surface area is 124 Å². The Hall–Kier alpha value is -1.04. The van der Waals surface area contributed by atoms with E-state index in [0.29, 0.717) is 11.4 Å². The van der Waals surface area contributed by atoms with Crippen LogP contribution in [0.15, 0.2) is 36.4 Å². The van der Waals surface area contributed by atoms with Gasteiger partial charge < -0.3 is 5.32 Å². The summed E-state index contributed by atoms with van der Waals surface area (Å²) in [5.74, 6) is 0.567. The first kappa shape index (κ1) is 14.4. The van der Waals surface area contributed by atoms with Crippen LogP contribution in [0.4, 0.5) is 10.1 Å². The molecule has 0 atom stereocenters. The summed E-state index contributed by atoms with van der Waals surface area (Å²) in [5, 5.41) is 2.65. The second-order valence-electron chi connectivity index (χ2n) is 3.76. The van der Waals surface area contributed by atoms with Gasteiger partial charge in [0.05, 0.1) is 10.1 Å². The van der Waals surface area contributed by atoms with E-state index in [1.54, 1.807) is 12.1 Å². The lowest BCUT2D eigenvalue weighted by molar-refractivity contribution is -0.113. The van der Waals surface area contributed by atoms with E-state index in [2.05, 4.69) is 5.32 Å². The first-order chi connectivity index (χ1) is 9.13. The van der Waals surface area contributed by atoms with Gasteiger partial charge in [-0.05, 0) is 30.3 Å². The Morgan fingerprint density at radius 1 is 1.37 bits per heavy atom. The predicted molar refractivity (Wildman–Crippen MR) is 80.5 cm³/mol. The number of anilines is 1. The van der Waals surface area contributed by atoms with Crippen molar-refractivity contribution in [1.82, 2.24) is 0 Å². The highest BCUT2D eigenvalue weighted by Gasteiger charge is 2.04. The van der Waals surface area contributed by atoms with Crippen LogP contribution in [-0.4, -0.2) is 11.7 Å². The van der Waals surface area contributed by atoms with Crippen molar-refractivity contribution < 1.29 is 9.18 Å². The van der Waals surface area contributed by atoms with Gasteiger partial charge in [-0.15, -0.1) is 23.1 Å². The summed E-state index contributed by atoms with van der Waals surface area (Å²) in [5.41, 5.74) is 0.477. The molecule has 0 aliphatic carbocycles. The van der Waals surface area contributed by atoms with E-state index in [1.807, 2.05) is 12.1 Å². The predicted octanol–water partition coefficient (Wildman–Crippen LogP) is 4.41. The van der Waals surface area contributed by atoms with Gasteiger partial charge >= 0.3 is 0 Å². The van der Waals surface area contributed by atoms with Crippen LogP contribution in [0.3, 0.4) is 0 Å². The zero-order chi connectivity index (χ0) is 13.7. The Bertz CT molecular complexity index is 573. The minimum Gasteiger partial charge on any atom is -0.325 e. The number of carbonyl (C=O) groups is 1. The Balaban J connectivity index is 1.76. The molecule has 2 nitrogen and oxygen atoms in total. The SMILES string of the molecule is O=C(CSCc1ccc(Cl)s1)Nc1cccc(F)c1. The molecule has 6 heteroatoms. The van der Waals surface area contributed by atoms with Gasteiger partial charge in [-0.3, -0.25) is 4.79 Å². The molecule has 0 radical (unpaired) electrons. The van der Waals surface area contributed by atoms with E-state index >= 15 is 0 Å². The third-order valence-electron chi connectivity index (χ3n) is 2.21. The molecule has 0 bridgehead atoms. The number of benzene rings is 1. The fourth-order valence-electron chi connectivity index (χ4n) is 1.44. The van der Waals surface area contributed by atoms with Crippen molar-refractivity contribution in [3.63, 3.8) is 0 Å². The summed E-state index contributed by atoms with van der Waals surface area (Å²) in [7, 11) is 0. The maximum Gasteiger partial charge on any atom is 0.234 e. The smallest absolute Gasteiger partial charge is 0.234 e. The van der Waals surface area contributed by atoms with Crippen molar-refractivity contribution in [2.24, 2.45) is 0 Å². The number of thiophene rings is 1. The average molecular weight is 316 g/mol. The van der Waals surface area contributed by atoms with Crippen molar-refractivity contribution >= 4 is 46.3 Å². The lowest BCUT2D eigenvalue weighted by Gasteiger charge is -2.04. The van der Waals surface area contributed by atoms with Crippen LogP contribution in [0.2, 0.25) is 4.34 Å². The fourth-order valence-corrected chi connectivity index (χ4v) is 3.46. The highest BCUT2D eigenvalue weighted by molar-refractivity contribution is 7.99. The van der Waals surface area contributed by atoms with E-state index in [-0.39, 0.29) is 11.7 Å². The third kappa shape index (κ3) is 4.86. The zero-order valence-corrected chi connectivity index (χ0v) is 12.2. The van der Waals surface area contributed by atoms with Crippen LogP contribution in [0, 0.1) is 5.82 Å². The van der Waals surface area contributed by atoms with Gasteiger partial charge in [0, 0.05) is 16.3 Å². The summed E-state index contributed by atoms with van der Waals surface area (Å²) in [4.78, 5) is 12.8. The minimum atomic E-state index is -0.362. The molecule has 0 saturated heterocycles. The standard InChI is InChI=1S/C13H11ClFNOS2/c14-12-5-4-11(19-12)7-18-8-13(17)16-10-3-1-2-9(15)6-10/h1-6H,7-8H2,(H,16,17). The molecule has 2 rings (SSSR count). The van der Waals surface area contributed by atoms with Gasteiger partial charge in [-0.1, -0.05) is 17.7 Å². The number of nitrogens with one attached hydrogen (secondary N) is 1. The van der Waals surface area contributed by atoms with Crippen LogP contribution in [0.1, 0.15) is 4.88 Å². The molecule has 1 amide bonds. The average Bonchev–Trinajstić information content (AvgIpc) is 2.75. The van der Waals surface area contributed by atoms with Gasteiger partial charge in [0.1, 0.15) is 5.82 Å². The summed E-state index contributed by atoms with van der Waals surface area (Å²) in [6.07, 6.45) is 0. The normalized spacial score (nSPS) is 10.4. The lowest BCUT2D eigenvalue weighted by atomic mass is 10.3. The Morgan fingerprint density at radius 3 is 2.89 bits per heavy atom. The van der Waals surface area contributed by atoms with Gasteiger partial charge in [0.25, 0.3) is 0 Å². The third-order valence-corrected chi connectivity index (χ3v) is 4.61. The summed E-state index contributed by atoms with van der Waals surface area (Å²) >= 11 is 8.82. The topological polar surface area (TPSA) is 29.1 Å². The maximum atomic E-state index is 12.9. The molecule has 1 heterocycles. The van der Waals surface area contributed by atoms with Crippen molar-refractivity contribution in [1.29, 1.82) is 0 Å². The quantitative estimate of drug-likeness (QED) is 0.885. The molecule has 100 valence electrons. The lowest BCUT2D eigenvalue weighted by Crippen LogP contribution is -2.14. The number of carbonyl (C=O) groups excluding carboxylic acids is 1. The zero-order valence-electron chi connectivity index (χ0n) is 9.86. The summed E-state index contributed by atoms with van der Waals surface area (Å²) in [6.45, 7) is 0. The number of thioether (sulfide) groups is 1. The molecule has 0 unspecified atom stereocenters. The van der Waals surface area contributed by atoms with Crippen LogP contribution in [0.5, 0.6) is 0 Å². The monoisotopic (exact) mass is 315 g/mol. The maximum absolute atomic E-state index is 12.9. The molecule has 0 aliphatic rings. The molecule has 0 spiro atoms. The van der Waals surface area contributed by atoms with Crippen LogP contribution in [0.25, 0.3) is 0 Å². The van der Waals surface area contributed by atoms with E-state index in [4.69, 9.17) is 11.6 Å². The number of rotatable bonds is 5. The van der Waals surface area contributed by atoms with Crippen LogP contribution in [-0.2, 0) is 10.5 Å². The number of amides is 1. The Kier molecular flexibility index (Phi) is 5.24. The first-order valence-electron chi connectivity index (χ1n) is 5.51. The highest BCUT2D eigenvalue weighted by atomic mass is 35.5. The van der Waals surface area contributed by atoms with Crippen LogP contribution < -0.4 is 5.32 Å². The van der Waals surface area contributed by atoms with Gasteiger partial charge in [0.15, 0.2) is 0 Å². The molecule has 1 aromatic carbocycles. The first-order valence-corrected chi connectivity index (χ1v) is 7.86. The van der Waals surface area contributed by atoms with E-state index in [1.165, 1.54) is 35.2 Å². The fraction of sp³-hybridized carbons (Fsp3) is 0.154. The number of halogens is 2. The summed E-state index contributed by atoms with van der Waals surface area (Å²) in [6, 6.07) is 9.64. The second-order valence-corrected chi connectivity index (χ2v) is 6.54.